The fourth-order valence-corrected chi connectivity index (χ4v) is 2.24. The molecule has 3 heterocycles. The van der Waals surface area contributed by atoms with Crippen LogP contribution >= 0.6 is 0 Å². The number of ether oxygens (including phenoxy) is 2. The second-order valence-electron chi connectivity index (χ2n) is 5.32. The van der Waals surface area contributed by atoms with E-state index in [4.69, 9.17) is 9.47 Å². The van der Waals surface area contributed by atoms with Gasteiger partial charge in [0.25, 0.3) is 0 Å². The summed E-state index contributed by atoms with van der Waals surface area (Å²) in [7, 11) is 0. The summed E-state index contributed by atoms with van der Waals surface area (Å²) in [6, 6.07) is 15.6. The lowest BCUT2D eigenvalue weighted by Crippen LogP contribution is -2.04. The largest absolute Gasteiger partial charge is 0.408 e. The second kappa shape index (κ2) is 7.52. The minimum absolute atomic E-state index is 0.206. The Bertz CT molecular complexity index is 898. The SMILES string of the molecule is CC(=O)Oc1cccc(-c2cccc(-c3cccc(OC(C)=O)n3)n2)n1. The number of carbonyl (C=O) groups excluding carboxylic acids is 2. The van der Waals surface area contributed by atoms with Crippen molar-refractivity contribution in [3.63, 3.8) is 0 Å². The fraction of sp³-hybridized carbons (Fsp3) is 0.105. The third-order valence-corrected chi connectivity index (χ3v) is 3.22. The molecule has 0 aliphatic carbocycles. The smallest absolute Gasteiger partial charge is 0.309 e. The van der Waals surface area contributed by atoms with E-state index < -0.39 is 11.9 Å². The van der Waals surface area contributed by atoms with Crippen molar-refractivity contribution in [1.29, 1.82) is 0 Å². The lowest BCUT2D eigenvalue weighted by Gasteiger charge is -2.07. The Morgan fingerprint density at radius 1 is 0.615 bits per heavy atom. The molecule has 0 aliphatic heterocycles. The van der Waals surface area contributed by atoms with Gasteiger partial charge in [-0.1, -0.05) is 18.2 Å². The van der Waals surface area contributed by atoms with Gasteiger partial charge in [-0.2, -0.15) is 0 Å². The zero-order valence-corrected chi connectivity index (χ0v) is 14.2. The van der Waals surface area contributed by atoms with Crippen LogP contribution in [0.3, 0.4) is 0 Å². The molecular formula is C19H15N3O4. The summed E-state index contributed by atoms with van der Waals surface area (Å²) in [6.45, 7) is 2.63. The summed E-state index contributed by atoms with van der Waals surface area (Å²) in [5.41, 5.74) is 2.30. The average Bonchev–Trinajstić information content (AvgIpc) is 2.61. The molecule has 3 rings (SSSR count). The molecule has 130 valence electrons. The van der Waals surface area contributed by atoms with Crippen molar-refractivity contribution in [3.8, 4) is 34.5 Å². The number of hydrogen-bond acceptors (Lipinski definition) is 7. The Hall–Kier alpha value is -3.61. The molecule has 0 fully saturated rings. The molecule has 7 heteroatoms. The minimum atomic E-state index is -0.442. The van der Waals surface area contributed by atoms with Gasteiger partial charge in [0.1, 0.15) is 0 Å². The molecule has 0 atom stereocenters. The molecule has 0 saturated heterocycles. The molecule has 0 N–H and O–H groups in total. The lowest BCUT2D eigenvalue weighted by atomic mass is 10.2. The van der Waals surface area contributed by atoms with Gasteiger partial charge in [-0.15, -0.1) is 0 Å². The quantitative estimate of drug-likeness (QED) is 0.668. The van der Waals surface area contributed by atoms with Crippen LogP contribution in [-0.2, 0) is 9.59 Å². The molecular weight excluding hydrogens is 334 g/mol. The molecule has 3 aromatic rings. The maximum absolute atomic E-state index is 11.1. The minimum Gasteiger partial charge on any atom is -0.408 e. The highest BCUT2D eigenvalue weighted by Crippen LogP contribution is 2.23. The van der Waals surface area contributed by atoms with Crippen LogP contribution in [0.25, 0.3) is 22.8 Å². The predicted octanol–water partition coefficient (Wildman–Crippen LogP) is 3.06. The molecule has 0 radical (unpaired) electrons. The van der Waals surface area contributed by atoms with E-state index in [1.165, 1.54) is 13.8 Å². The molecule has 0 spiro atoms. The van der Waals surface area contributed by atoms with Gasteiger partial charge in [-0.3, -0.25) is 9.59 Å². The normalized spacial score (nSPS) is 10.2. The Morgan fingerprint density at radius 3 is 1.35 bits per heavy atom. The molecule has 0 aromatic carbocycles. The zero-order valence-electron chi connectivity index (χ0n) is 14.2. The number of rotatable bonds is 4. The van der Waals surface area contributed by atoms with E-state index >= 15 is 0 Å². The Morgan fingerprint density at radius 2 is 0.962 bits per heavy atom. The van der Waals surface area contributed by atoms with Gasteiger partial charge in [0.05, 0.1) is 22.8 Å². The van der Waals surface area contributed by atoms with Crippen molar-refractivity contribution in [3.05, 3.63) is 54.6 Å². The highest BCUT2D eigenvalue weighted by molar-refractivity contribution is 5.70. The van der Waals surface area contributed by atoms with Crippen molar-refractivity contribution < 1.29 is 19.1 Å². The van der Waals surface area contributed by atoms with Crippen molar-refractivity contribution in [2.45, 2.75) is 13.8 Å². The molecule has 3 aromatic heterocycles. The van der Waals surface area contributed by atoms with E-state index in [0.717, 1.165) is 0 Å². The number of aromatic nitrogens is 3. The van der Waals surface area contributed by atoms with E-state index in [9.17, 15) is 9.59 Å². The zero-order chi connectivity index (χ0) is 18.5. The third kappa shape index (κ3) is 4.27. The van der Waals surface area contributed by atoms with E-state index in [2.05, 4.69) is 15.0 Å². The predicted molar refractivity (Wildman–Crippen MR) is 93.3 cm³/mol. The molecule has 0 bridgehead atoms. The molecule has 26 heavy (non-hydrogen) atoms. The standard InChI is InChI=1S/C19H15N3O4/c1-12(23)25-18-10-4-8-16(21-18)14-6-3-7-15(20-14)17-9-5-11-19(22-17)26-13(2)24/h3-11H,1-2H3. The number of hydrogen-bond donors (Lipinski definition) is 0. The van der Waals surface area contributed by atoms with Crippen molar-refractivity contribution in [2.75, 3.05) is 0 Å². The van der Waals surface area contributed by atoms with Crippen LogP contribution in [-0.4, -0.2) is 26.9 Å². The molecule has 0 aliphatic rings. The van der Waals surface area contributed by atoms with Gasteiger partial charge in [-0.05, 0) is 24.3 Å². The number of carbonyl (C=O) groups is 2. The highest BCUT2D eigenvalue weighted by atomic mass is 16.5. The molecule has 0 saturated carbocycles. The summed E-state index contributed by atoms with van der Waals surface area (Å²) in [6.07, 6.45) is 0. The van der Waals surface area contributed by atoms with Gasteiger partial charge < -0.3 is 9.47 Å². The molecule has 0 amide bonds. The number of nitrogens with zero attached hydrogens (tertiary/aromatic N) is 3. The van der Waals surface area contributed by atoms with Crippen LogP contribution in [0.4, 0.5) is 0 Å². The van der Waals surface area contributed by atoms with E-state index in [1.54, 1.807) is 48.5 Å². The van der Waals surface area contributed by atoms with Crippen molar-refractivity contribution >= 4 is 11.9 Å². The van der Waals surface area contributed by atoms with Crippen LogP contribution in [0.1, 0.15) is 13.8 Å². The first kappa shape index (κ1) is 17.2. The van der Waals surface area contributed by atoms with Crippen LogP contribution < -0.4 is 9.47 Å². The topological polar surface area (TPSA) is 91.3 Å². The first-order chi connectivity index (χ1) is 12.5. The third-order valence-electron chi connectivity index (χ3n) is 3.22. The summed E-state index contributed by atoms with van der Waals surface area (Å²) in [5, 5.41) is 0. The fourth-order valence-electron chi connectivity index (χ4n) is 2.24. The summed E-state index contributed by atoms with van der Waals surface area (Å²) >= 11 is 0. The summed E-state index contributed by atoms with van der Waals surface area (Å²) in [5.74, 6) is -0.472. The van der Waals surface area contributed by atoms with E-state index in [-0.39, 0.29) is 11.8 Å². The average molecular weight is 349 g/mol. The Balaban J connectivity index is 1.94. The van der Waals surface area contributed by atoms with E-state index in [0.29, 0.717) is 22.8 Å². The first-order valence-electron chi connectivity index (χ1n) is 7.80. The lowest BCUT2D eigenvalue weighted by molar-refractivity contribution is -0.133. The van der Waals surface area contributed by atoms with Gasteiger partial charge in [-0.25, -0.2) is 15.0 Å². The van der Waals surface area contributed by atoms with Crippen LogP contribution in [0.15, 0.2) is 54.6 Å². The van der Waals surface area contributed by atoms with Crippen LogP contribution in [0.2, 0.25) is 0 Å². The van der Waals surface area contributed by atoms with E-state index in [1.807, 2.05) is 6.07 Å². The maximum Gasteiger partial charge on any atom is 0.309 e. The van der Waals surface area contributed by atoms with Crippen molar-refractivity contribution in [2.24, 2.45) is 0 Å². The summed E-state index contributed by atoms with van der Waals surface area (Å²) < 4.78 is 10.0. The maximum atomic E-state index is 11.1. The van der Waals surface area contributed by atoms with Gasteiger partial charge in [0.15, 0.2) is 0 Å². The van der Waals surface area contributed by atoms with Gasteiger partial charge in [0, 0.05) is 26.0 Å². The molecule has 0 unspecified atom stereocenters. The Labute approximate surface area is 149 Å². The van der Waals surface area contributed by atoms with Crippen molar-refractivity contribution in [1.82, 2.24) is 15.0 Å². The number of pyridine rings is 3. The second-order valence-corrected chi connectivity index (χ2v) is 5.32. The monoisotopic (exact) mass is 349 g/mol. The van der Waals surface area contributed by atoms with Crippen LogP contribution in [0.5, 0.6) is 11.8 Å². The number of esters is 2. The van der Waals surface area contributed by atoms with Crippen LogP contribution in [0, 0.1) is 0 Å². The first-order valence-corrected chi connectivity index (χ1v) is 7.80. The Kier molecular flexibility index (Phi) is 4.98. The van der Waals surface area contributed by atoms with Gasteiger partial charge in [0.2, 0.25) is 11.8 Å². The van der Waals surface area contributed by atoms with Gasteiger partial charge >= 0.3 is 11.9 Å². The molecule has 7 nitrogen and oxygen atoms in total. The highest BCUT2D eigenvalue weighted by Gasteiger charge is 2.09. The summed E-state index contributed by atoms with van der Waals surface area (Å²) in [4.78, 5) is 35.3.